The summed E-state index contributed by atoms with van der Waals surface area (Å²) in [6.07, 6.45) is 1.84. The molecule has 1 unspecified atom stereocenters. The fourth-order valence-electron chi connectivity index (χ4n) is 1.56. The average molecular weight is 212 g/mol. The molecule has 0 aliphatic heterocycles. The van der Waals surface area contributed by atoms with E-state index in [0.717, 1.165) is 31.0 Å². The van der Waals surface area contributed by atoms with Crippen molar-refractivity contribution in [1.29, 1.82) is 0 Å². The summed E-state index contributed by atoms with van der Waals surface area (Å²) in [6.45, 7) is 5.57. The van der Waals surface area contributed by atoms with Gasteiger partial charge < -0.3 is 15.0 Å². The molecule has 0 saturated heterocycles. The number of methoxy groups -OCH3 is 1. The molecule has 86 valence electrons. The van der Waals surface area contributed by atoms with Gasteiger partial charge in [-0.2, -0.15) is 0 Å². The number of hydrogen-bond donors (Lipinski definition) is 1. The van der Waals surface area contributed by atoms with E-state index in [1.807, 2.05) is 6.92 Å². The molecular weight excluding hydrogens is 192 g/mol. The molecule has 1 heterocycles. The predicted molar refractivity (Wildman–Crippen MR) is 58.6 cm³/mol. The van der Waals surface area contributed by atoms with Gasteiger partial charge in [0.1, 0.15) is 11.6 Å². The van der Waals surface area contributed by atoms with Gasteiger partial charge in [0, 0.05) is 26.6 Å². The third kappa shape index (κ3) is 3.00. The Morgan fingerprint density at radius 1 is 1.47 bits per heavy atom. The summed E-state index contributed by atoms with van der Waals surface area (Å²) in [4.78, 5) is 0. The Morgan fingerprint density at radius 3 is 2.73 bits per heavy atom. The number of rotatable bonds is 6. The zero-order chi connectivity index (χ0) is 11.3. The number of nitrogens with zero attached hydrogens (tertiary/aromatic N) is 3. The number of aromatic nitrogens is 3. The van der Waals surface area contributed by atoms with Crippen LogP contribution in [0.1, 0.15) is 25.0 Å². The van der Waals surface area contributed by atoms with E-state index in [1.165, 1.54) is 0 Å². The monoisotopic (exact) mass is 212 g/mol. The van der Waals surface area contributed by atoms with Crippen LogP contribution in [0.15, 0.2) is 0 Å². The summed E-state index contributed by atoms with van der Waals surface area (Å²) >= 11 is 0. The molecule has 0 saturated carbocycles. The van der Waals surface area contributed by atoms with E-state index >= 15 is 0 Å². The predicted octanol–water partition coefficient (Wildman–Crippen LogP) is 0.513. The summed E-state index contributed by atoms with van der Waals surface area (Å²) in [5, 5.41) is 8.22. The highest BCUT2D eigenvalue weighted by Gasteiger charge is 2.13. The summed E-state index contributed by atoms with van der Waals surface area (Å²) in [6, 6.07) is 0. The van der Waals surface area contributed by atoms with Gasteiger partial charge in [-0.15, -0.1) is 10.2 Å². The first-order chi connectivity index (χ1) is 7.22. The van der Waals surface area contributed by atoms with E-state index in [4.69, 9.17) is 10.5 Å². The number of nitrogens with two attached hydrogens (primary N) is 1. The lowest BCUT2D eigenvalue weighted by molar-refractivity contribution is 0.107. The third-order valence-electron chi connectivity index (χ3n) is 2.47. The van der Waals surface area contributed by atoms with Crippen molar-refractivity contribution >= 4 is 0 Å². The van der Waals surface area contributed by atoms with Gasteiger partial charge in [0.15, 0.2) is 0 Å². The SMILES string of the molecule is CCCn1c(C)nnc1CC(CN)OC. The molecule has 0 aromatic carbocycles. The fourth-order valence-corrected chi connectivity index (χ4v) is 1.56. The van der Waals surface area contributed by atoms with Gasteiger partial charge in [-0.05, 0) is 13.3 Å². The van der Waals surface area contributed by atoms with Crippen LogP contribution in [0, 0.1) is 6.92 Å². The van der Waals surface area contributed by atoms with Crippen LogP contribution in [0.25, 0.3) is 0 Å². The Hall–Kier alpha value is -0.940. The quantitative estimate of drug-likeness (QED) is 0.746. The Balaban J connectivity index is 2.75. The summed E-state index contributed by atoms with van der Waals surface area (Å²) in [7, 11) is 1.67. The number of aryl methyl sites for hydroxylation is 1. The molecule has 1 rings (SSSR count). The summed E-state index contributed by atoms with van der Waals surface area (Å²) < 4.78 is 7.37. The minimum atomic E-state index is 0.0317. The van der Waals surface area contributed by atoms with E-state index in [-0.39, 0.29) is 6.10 Å². The highest BCUT2D eigenvalue weighted by atomic mass is 16.5. The van der Waals surface area contributed by atoms with Crippen LogP contribution in [-0.4, -0.2) is 34.5 Å². The number of hydrogen-bond acceptors (Lipinski definition) is 4. The zero-order valence-corrected chi connectivity index (χ0v) is 9.73. The van der Waals surface area contributed by atoms with Crippen molar-refractivity contribution in [2.24, 2.45) is 5.73 Å². The second-order valence-electron chi connectivity index (χ2n) is 3.61. The second-order valence-corrected chi connectivity index (χ2v) is 3.61. The van der Waals surface area contributed by atoms with Crippen LogP contribution in [0.5, 0.6) is 0 Å². The van der Waals surface area contributed by atoms with Crippen molar-refractivity contribution < 1.29 is 4.74 Å². The van der Waals surface area contributed by atoms with Crippen molar-refractivity contribution in [1.82, 2.24) is 14.8 Å². The van der Waals surface area contributed by atoms with Crippen molar-refractivity contribution in [3.63, 3.8) is 0 Å². The molecule has 1 atom stereocenters. The normalized spacial score (nSPS) is 13.1. The lowest BCUT2D eigenvalue weighted by atomic mass is 10.2. The largest absolute Gasteiger partial charge is 0.380 e. The molecule has 0 aliphatic rings. The highest BCUT2D eigenvalue weighted by Crippen LogP contribution is 2.06. The molecule has 0 aliphatic carbocycles. The Morgan fingerprint density at radius 2 is 2.20 bits per heavy atom. The fraction of sp³-hybridized carbons (Fsp3) is 0.800. The lowest BCUT2D eigenvalue weighted by Gasteiger charge is -2.13. The minimum Gasteiger partial charge on any atom is -0.380 e. The number of ether oxygens (including phenoxy) is 1. The topological polar surface area (TPSA) is 66.0 Å². The van der Waals surface area contributed by atoms with Gasteiger partial charge in [-0.1, -0.05) is 6.92 Å². The Bertz CT molecular complexity index is 294. The molecule has 0 radical (unpaired) electrons. The van der Waals surface area contributed by atoms with Crippen molar-refractivity contribution in [2.75, 3.05) is 13.7 Å². The second kappa shape index (κ2) is 5.82. The van der Waals surface area contributed by atoms with Crippen molar-refractivity contribution in [3.05, 3.63) is 11.6 Å². The van der Waals surface area contributed by atoms with Crippen LogP contribution in [-0.2, 0) is 17.7 Å². The van der Waals surface area contributed by atoms with E-state index in [9.17, 15) is 0 Å². The van der Waals surface area contributed by atoms with Gasteiger partial charge in [-0.3, -0.25) is 0 Å². The molecule has 5 heteroatoms. The zero-order valence-electron chi connectivity index (χ0n) is 9.73. The van der Waals surface area contributed by atoms with Gasteiger partial charge >= 0.3 is 0 Å². The highest BCUT2D eigenvalue weighted by molar-refractivity contribution is 4.96. The average Bonchev–Trinajstić information content (AvgIpc) is 2.58. The van der Waals surface area contributed by atoms with E-state index < -0.39 is 0 Å². The van der Waals surface area contributed by atoms with Gasteiger partial charge in [-0.25, -0.2) is 0 Å². The van der Waals surface area contributed by atoms with Crippen LogP contribution in [0.2, 0.25) is 0 Å². The first kappa shape index (κ1) is 12.1. The summed E-state index contributed by atoms with van der Waals surface area (Å²) in [5.41, 5.74) is 5.58. The molecule has 1 aromatic heterocycles. The molecule has 0 bridgehead atoms. The van der Waals surface area contributed by atoms with E-state index in [1.54, 1.807) is 7.11 Å². The summed E-state index contributed by atoms with van der Waals surface area (Å²) in [5.74, 6) is 1.92. The minimum absolute atomic E-state index is 0.0317. The maximum absolute atomic E-state index is 5.58. The van der Waals surface area contributed by atoms with Crippen LogP contribution in [0.3, 0.4) is 0 Å². The van der Waals surface area contributed by atoms with Gasteiger partial charge in [0.25, 0.3) is 0 Å². The van der Waals surface area contributed by atoms with Crippen LogP contribution in [0.4, 0.5) is 0 Å². The molecule has 0 spiro atoms. The molecule has 2 N–H and O–H groups in total. The smallest absolute Gasteiger partial charge is 0.135 e. The molecular formula is C10H20N4O. The standard InChI is InChI=1S/C10H20N4O/c1-4-5-14-8(2)12-13-10(14)6-9(7-11)15-3/h9H,4-7,11H2,1-3H3. The van der Waals surface area contributed by atoms with Crippen molar-refractivity contribution in [2.45, 2.75) is 39.3 Å². The van der Waals surface area contributed by atoms with E-state index in [2.05, 4.69) is 21.7 Å². The molecule has 0 amide bonds. The van der Waals surface area contributed by atoms with Crippen LogP contribution < -0.4 is 5.73 Å². The molecule has 0 fully saturated rings. The van der Waals surface area contributed by atoms with Gasteiger partial charge in [0.2, 0.25) is 0 Å². The third-order valence-corrected chi connectivity index (χ3v) is 2.47. The lowest BCUT2D eigenvalue weighted by Crippen LogP contribution is -2.26. The molecule has 15 heavy (non-hydrogen) atoms. The first-order valence-electron chi connectivity index (χ1n) is 5.34. The van der Waals surface area contributed by atoms with E-state index in [0.29, 0.717) is 6.54 Å². The first-order valence-corrected chi connectivity index (χ1v) is 5.34. The maximum atomic E-state index is 5.58. The molecule has 5 nitrogen and oxygen atoms in total. The van der Waals surface area contributed by atoms with Crippen molar-refractivity contribution in [3.8, 4) is 0 Å². The Kier molecular flexibility index (Phi) is 4.71. The van der Waals surface area contributed by atoms with Crippen LogP contribution >= 0.6 is 0 Å². The maximum Gasteiger partial charge on any atom is 0.135 e. The van der Waals surface area contributed by atoms with Gasteiger partial charge in [0.05, 0.1) is 6.10 Å². The Labute approximate surface area is 90.6 Å². The molecule has 1 aromatic rings.